The van der Waals surface area contributed by atoms with Gasteiger partial charge in [0.2, 0.25) is 0 Å². The molecule has 1 radical (unpaired) electrons. The second-order valence-electron chi connectivity index (χ2n) is 10.1. The third-order valence-electron chi connectivity index (χ3n) is 6.55. The van der Waals surface area contributed by atoms with Crippen molar-refractivity contribution in [3.05, 3.63) is 42.0 Å². The Kier molecular flexibility index (Phi) is 25.7. The second-order valence-corrected chi connectivity index (χ2v) is 10.1. The minimum absolute atomic E-state index is 0.105. The third kappa shape index (κ3) is 21.8. The number of hydrogen-bond donors (Lipinski definition) is 1. The third-order valence-corrected chi connectivity index (χ3v) is 6.55. The number of carbonyl (C=O) groups is 2. The van der Waals surface area contributed by atoms with Crippen LogP contribution in [0.3, 0.4) is 0 Å². The molecule has 4 heteroatoms. The molecule has 37 heavy (non-hydrogen) atoms. The first-order valence-electron chi connectivity index (χ1n) is 15.3. The number of hydrogen-bond acceptors (Lipinski definition) is 2. The zero-order chi connectivity index (χ0) is 27.4. The van der Waals surface area contributed by atoms with Crippen molar-refractivity contribution in [2.24, 2.45) is 0 Å². The predicted molar refractivity (Wildman–Crippen MR) is 158 cm³/mol. The summed E-state index contributed by atoms with van der Waals surface area (Å²) in [6.45, 7) is 6.79. The molecule has 1 aromatic carbocycles. The van der Waals surface area contributed by atoms with Crippen molar-refractivity contribution in [3.63, 3.8) is 0 Å². The number of imide groups is 1. The van der Waals surface area contributed by atoms with Gasteiger partial charge in [0.1, 0.15) is 0 Å². The van der Waals surface area contributed by atoms with Gasteiger partial charge in [-0.25, -0.2) is 5.11 Å². The van der Waals surface area contributed by atoms with Gasteiger partial charge in [0.25, 0.3) is 11.8 Å². The highest BCUT2D eigenvalue weighted by Gasteiger charge is 2.21. The van der Waals surface area contributed by atoms with Crippen LogP contribution in [-0.2, 0) is 14.7 Å². The van der Waals surface area contributed by atoms with Crippen LogP contribution in [0.4, 0.5) is 0 Å². The smallest absolute Gasteiger partial charge is 0.258 e. The highest BCUT2D eigenvalue weighted by Crippen LogP contribution is 2.17. The zero-order valence-corrected chi connectivity index (χ0v) is 24.3. The van der Waals surface area contributed by atoms with Gasteiger partial charge in [-0.3, -0.25) is 14.9 Å². The number of amides is 2. The van der Waals surface area contributed by atoms with Gasteiger partial charge in [-0.15, -0.1) is 0 Å². The lowest BCUT2D eigenvalue weighted by atomic mass is 10.0. The van der Waals surface area contributed by atoms with Gasteiger partial charge in [-0.2, -0.15) is 0 Å². The Morgan fingerprint density at radius 1 is 0.541 bits per heavy atom. The van der Waals surface area contributed by atoms with Gasteiger partial charge >= 0.3 is 0 Å². The van der Waals surface area contributed by atoms with E-state index in [0.29, 0.717) is 5.57 Å². The van der Waals surface area contributed by atoms with E-state index >= 15 is 0 Å². The molecule has 211 valence electrons. The predicted octanol–water partition coefficient (Wildman–Crippen LogP) is 9.60. The van der Waals surface area contributed by atoms with Crippen molar-refractivity contribution >= 4 is 17.4 Å². The summed E-state index contributed by atoms with van der Waals surface area (Å²) in [5.41, 5.74) is 1.21. The number of benzene rings is 1. The zero-order valence-electron chi connectivity index (χ0n) is 24.3. The molecule has 2 amide bonds. The summed E-state index contributed by atoms with van der Waals surface area (Å²) in [4.78, 5) is 22.0. The maximum Gasteiger partial charge on any atom is 0.258 e. The van der Waals surface area contributed by atoms with Gasteiger partial charge in [-0.05, 0) is 12.0 Å². The van der Waals surface area contributed by atoms with Crippen LogP contribution in [0.25, 0.3) is 5.57 Å². The van der Waals surface area contributed by atoms with Crippen molar-refractivity contribution in [2.45, 2.75) is 143 Å². The molecule has 0 unspecified atom stereocenters. The van der Waals surface area contributed by atoms with Crippen molar-refractivity contribution in [1.29, 1.82) is 0 Å². The van der Waals surface area contributed by atoms with Crippen LogP contribution in [0.5, 0.6) is 0 Å². The maximum atomic E-state index is 11.2. The molecule has 0 saturated heterocycles. The average Bonchev–Trinajstić information content (AvgIpc) is 3.26. The molecule has 1 aliphatic rings. The van der Waals surface area contributed by atoms with E-state index in [4.69, 9.17) is 0 Å². The lowest BCUT2D eigenvalue weighted by Gasteiger charge is -2.03. The molecule has 0 aliphatic carbocycles. The minimum atomic E-state index is -0.344. The summed E-state index contributed by atoms with van der Waals surface area (Å²) in [6, 6.07) is 9.10. The number of nitrogens with one attached hydrogen (secondary N) is 1. The molecule has 0 fully saturated rings. The van der Waals surface area contributed by atoms with Gasteiger partial charge in [0.15, 0.2) is 0 Å². The highest BCUT2D eigenvalue weighted by atomic mass is 16.3. The second kappa shape index (κ2) is 27.1. The van der Waals surface area contributed by atoms with Crippen LogP contribution in [0.1, 0.15) is 148 Å². The Labute approximate surface area is 228 Å². The summed E-state index contributed by atoms with van der Waals surface area (Å²) in [5, 5.41) is 11.9. The van der Waals surface area contributed by atoms with Gasteiger partial charge in [0.05, 0.1) is 12.2 Å². The molecule has 2 rings (SSSR count). The molecule has 0 bridgehead atoms. The van der Waals surface area contributed by atoms with Crippen molar-refractivity contribution in [2.75, 3.05) is 6.61 Å². The summed E-state index contributed by atoms with van der Waals surface area (Å²) in [7, 11) is 0. The monoisotopic (exact) mass is 514 g/mol. The number of carbonyl (C=O) groups excluding carboxylic acids is 2. The molecule has 0 saturated carbocycles. The first kappa shape index (κ1) is 35.1. The molecular weight excluding hydrogens is 458 g/mol. The molecule has 1 aliphatic heterocycles. The lowest BCUT2D eigenvalue weighted by molar-refractivity contribution is -0.123. The summed E-state index contributed by atoms with van der Waals surface area (Å²) in [5.74, 6) is -0.667. The standard InChI is InChI=1S/C18H38.C10H7NO2.C5H11O/c1-3-5-7-9-11-13-15-17-18-16-14-12-10-8-6-4-2;12-9-6-8(10(13)11-9)7-4-2-1-3-5-7;1-2-3-4-5-6/h3-18H2,1-2H3;1-6H,(H,11,12,13);2-5H2,1H3. The van der Waals surface area contributed by atoms with E-state index in [1.807, 2.05) is 18.2 Å². The normalized spacial score (nSPS) is 12.3. The highest BCUT2D eigenvalue weighted by molar-refractivity contribution is 6.33. The molecule has 1 aromatic rings. The Hall–Kier alpha value is -1.94. The lowest BCUT2D eigenvalue weighted by Crippen LogP contribution is -2.21. The molecule has 0 atom stereocenters. The van der Waals surface area contributed by atoms with Crippen LogP contribution in [-0.4, -0.2) is 18.4 Å². The fourth-order valence-electron chi connectivity index (χ4n) is 4.22. The van der Waals surface area contributed by atoms with E-state index in [-0.39, 0.29) is 18.4 Å². The van der Waals surface area contributed by atoms with E-state index < -0.39 is 0 Å². The summed E-state index contributed by atoms with van der Waals surface area (Å²) >= 11 is 0. The van der Waals surface area contributed by atoms with Crippen LogP contribution in [0.2, 0.25) is 0 Å². The van der Waals surface area contributed by atoms with Gasteiger partial charge in [-0.1, -0.05) is 167 Å². The van der Waals surface area contributed by atoms with E-state index in [9.17, 15) is 14.7 Å². The van der Waals surface area contributed by atoms with E-state index in [2.05, 4.69) is 26.1 Å². The Morgan fingerprint density at radius 3 is 1.22 bits per heavy atom. The molecule has 0 aromatic heterocycles. The van der Waals surface area contributed by atoms with Gasteiger partial charge < -0.3 is 0 Å². The Balaban J connectivity index is 0.000000590. The Morgan fingerprint density at radius 2 is 0.919 bits per heavy atom. The fraction of sp³-hybridized carbons (Fsp3) is 0.697. The molecule has 1 heterocycles. The van der Waals surface area contributed by atoms with E-state index in [0.717, 1.165) is 24.8 Å². The molecule has 0 spiro atoms. The summed E-state index contributed by atoms with van der Waals surface area (Å²) in [6.07, 6.45) is 27.8. The van der Waals surface area contributed by atoms with Crippen molar-refractivity contribution in [3.8, 4) is 0 Å². The number of unbranched alkanes of at least 4 members (excludes halogenated alkanes) is 17. The fourth-order valence-corrected chi connectivity index (χ4v) is 4.22. The van der Waals surface area contributed by atoms with Crippen LogP contribution >= 0.6 is 0 Å². The quantitative estimate of drug-likeness (QED) is 0.147. The molecular formula is C33H56NO3. The summed E-state index contributed by atoms with van der Waals surface area (Å²) < 4.78 is 0. The molecule has 4 nitrogen and oxygen atoms in total. The van der Waals surface area contributed by atoms with Crippen LogP contribution < -0.4 is 5.32 Å². The SMILES string of the molecule is CCCCCCCCCCCCCCCCCC.CCCCC[O].O=C1C=C(c2ccccc2)C(=O)N1. The van der Waals surface area contributed by atoms with Crippen molar-refractivity contribution < 1.29 is 14.7 Å². The minimum Gasteiger partial charge on any atom is -0.289 e. The van der Waals surface area contributed by atoms with E-state index in [1.54, 1.807) is 12.1 Å². The Bertz CT molecular complexity index is 664. The van der Waals surface area contributed by atoms with E-state index in [1.165, 1.54) is 109 Å². The van der Waals surface area contributed by atoms with Crippen LogP contribution in [0.15, 0.2) is 36.4 Å². The first-order valence-corrected chi connectivity index (χ1v) is 15.3. The van der Waals surface area contributed by atoms with Crippen LogP contribution in [0, 0.1) is 0 Å². The number of rotatable bonds is 19. The average molecular weight is 515 g/mol. The van der Waals surface area contributed by atoms with Gasteiger partial charge in [0, 0.05) is 6.08 Å². The maximum absolute atomic E-state index is 11.2. The topological polar surface area (TPSA) is 66.1 Å². The van der Waals surface area contributed by atoms with Crippen molar-refractivity contribution in [1.82, 2.24) is 5.32 Å². The largest absolute Gasteiger partial charge is 0.289 e. The first-order chi connectivity index (χ1) is 18.1. The molecule has 1 N–H and O–H groups in total.